The molecule has 60 valence electrons. The van der Waals surface area contributed by atoms with Crippen molar-refractivity contribution in [2.75, 3.05) is 0 Å². The van der Waals surface area contributed by atoms with Gasteiger partial charge in [-0.15, -0.1) is 0 Å². The normalized spacial score (nSPS) is 5.73. The van der Waals surface area contributed by atoms with Crippen LogP contribution in [0.25, 0.3) is 0 Å². The summed E-state index contributed by atoms with van der Waals surface area (Å²) in [5.74, 6) is -2.12. The number of rotatable bonds is 0. The van der Waals surface area contributed by atoms with Gasteiger partial charge < -0.3 is 14.5 Å². The molecule has 4 radical (unpaired) electrons. The zero-order valence-electron chi connectivity index (χ0n) is 5.43. The first-order chi connectivity index (χ1) is 5.00. The Morgan fingerprint density at radius 1 is 1.27 bits per heavy atom. The molecule has 0 saturated heterocycles. The van der Waals surface area contributed by atoms with E-state index in [2.05, 4.69) is 20.2 Å². The molecule has 0 spiro atoms. The molecule has 0 heterocycles. The van der Waals surface area contributed by atoms with Crippen molar-refractivity contribution in [2.45, 2.75) is 0 Å². The first kappa shape index (κ1) is 17.1. The van der Waals surface area contributed by atoms with E-state index in [0.717, 1.165) is 0 Å². The molecule has 0 saturated carbocycles. The molecule has 0 fully saturated rings. The highest BCUT2D eigenvalue weighted by Gasteiger charge is 1.76. The second-order valence-electron chi connectivity index (χ2n) is 0.775. The summed E-state index contributed by atoms with van der Waals surface area (Å²) in [7, 11) is 11.6. The first-order valence-electron chi connectivity index (χ1n) is 1.91. The van der Waals surface area contributed by atoms with Gasteiger partial charge in [-0.2, -0.15) is 0 Å². The molecule has 5 nitrogen and oxygen atoms in total. The minimum absolute atomic E-state index is 0.782. The maximum atomic E-state index is 9.35. The second-order valence-corrected chi connectivity index (χ2v) is 1.01. The topological polar surface area (TPSA) is 83.8 Å². The molecule has 11 heavy (non-hydrogen) atoms. The molecule has 2 N–H and O–H groups in total. The molecular formula is C2H6B2O5P2. The molecule has 0 bridgehead atoms. The summed E-state index contributed by atoms with van der Waals surface area (Å²) in [4.78, 5) is 25.0. The minimum atomic E-state index is -1.33. The van der Waals surface area contributed by atoms with E-state index >= 15 is 0 Å². The summed E-state index contributed by atoms with van der Waals surface area (Å²) >= 11 is 0. The molecule has 2 atom stereocenters. The SMILES string of the molecule is OP.[B]C(=O)O.[B]C(=O)OP. The van der Waals surface area contributed by atoms with Gasteiger partial charge in [-0.25, -0.2) is 0 Å². The standard InChI is InChI=1S/CH2BO2P.CHBO2.H3OP/c2-1(3)4-5;2-1(3)4;1-2/h5H2;(H,3,4);1H,2H2. The molecule has 0 aromatic carbocycles. The van der Waals surface area contributed by atoms with E-state index in [0.29, 0.717) is 0 Å². The van der Waals surface area contributed by atoms with Crippen LogP contribution in [0.15, 0.2) is 0 Å². The smallest absolute Gasteiger partial charge is 0.237 e. The van der Waals surface area contributed by atoms with Gasteiger partial charge in [-0.1, -0.05) is 0 Å². The largest absolute Gasteiger partial charge is 0.490 e. The Labute approximate surface area is 71.3 Å². The van der Waals surface area contributed by atoms with Gasteiger partial charge in [-0.05, 0) is 9.47 Å². The molecule has 0 aliphatic rings. The van der Waals surface area contributed by atoms with Crippen molar-refractivity contribution in [1.82, 2.24) is 0 Å². The third-order valence-corrected chi connectivity index (χ3v) is 0.348. The lowest BCUT2D eigenvalue weighted by Crippen LogP contribution is -1.86. The van der Waals surface area contributed by atoms with Gasteiger partial charge in [0.15, 0.2) is 0 Å². The maximum Gasteiger partial charge on any atom is 0.237 e. The molecule has 0 amide bonds. The van der Waals surface area contributed by atoms with Crippen molar-refractivity contribution in [3.8, 4) is 0 Å². The number of carboxylic acid groups (broad SMARTS) is 1. The van der Waals surface area contributed by atoms with Crippen LogP contribution in [-0.4, -0.2) is 37.4 Å². The predicted molar refractivity (Wildman–Crippen MR) is 47.7 cm³/mol. The summed E-state index contributed by atoms with van der Waals surface area (Å²) in [6.07, 6.45) is 0. The van der Waals surface area contributed by atoms with Crippen LogP contribution >= 0.6 is 18.9 Å². The Morgan fingerprint density at radius 3 is 1.36 bits per heavy atom. The molecule has 0 aliphatic carbocycles. The average molecular weight is 194 g/mol. The van der Waals surface area contributed by atoms with Crippen molar-refractivity contribution in [3.63, 3.8) is 0 Å². The van der Waals surface area contributed by atoms with E-state index in [4.69, 9.17) is 14.8 Å². The van der Waals surface area contributed by atoms with Crippen molar-refractivity contribution in [2.24, 2.45) is 0 Å². The van der Waals surface area contributed by atoms with Crippen LogP contribution in [0.3, 0.4) is 0 Å². The van der Waals surface area contributed by atoms with E-state index in [1.165, 1.54) is 9.47 Å². The zero-order chi connectivity index (χ0) is 9.86. The van der Waals surface area contributed by atoms with E-state index in [9.17, 15) is 4.79 Å². The minimum Gasteiger partial charge on any atom is -0.490 e. The quantitative estimate of drug-likeness (QED) is 0.407. The molecule has 0 aromatic heterocycles. The van der Waals surface area contributed by atoms with Crippen LogP contribution in [0.5, 0.6) is 0 Å². The fourth-order valence-electron chi connectivity index (χ4n) is 0. The molecule has 0 rings (SSSR count). The first-order valence-corrected chi connectivity index (χ1v) is 2.90. The maximum absolute atomic E-state index is 9.35. The molecule has 0 aliphatic heterocycles. The van der Waals surface area contributed by atoms with Crippen molar-refractivity contribution < 1.29 is 24.1 Å². The lowest BCUT2D eigenvalue weighted by molar-refractivity contribution is 0.220. The van der Waals surface area contributed by atoms with Gasteiger partial charge in [0.1, 0.15) is 0 Å². The summed E-state index contributed by atoms with van der Waals surface area (Å²) in [6, 6.07) is 0. The lowest BCUT2D eigenvalue weighted by atomic mass is 10.2. The summed E-state index contributed by atoms with van der Waals surface area (Å²) in [6.45, 7) is 0. The highest BCUT2D eigenvalue weighted by Crippen LogP contribution is 1.80. The van der Waals surface area contributed by atoms with E-state index in [1.54, 1.807) is 9.47 Å². The van der Waals surface area contributed by atoms with Crippen molar-refractivity contribution >= 4 is 46.4 Å². The van der Waals surface area contributed by atoms with Gasteiger partial charge in [0, 0.05) is 0 Å². The van der Waals surface area contributed by atoms with Crippen LogP contribution < -0.4 is 0 Å². The molecule has 0 aromatic rings. The summed E-state index contributed by atoms with van der Waals surface area (Å²) in [5.41, 5.74) is 0. The van der Waals surface area contributed by atoms with Crippen molar-refractivity contribution in [3.05, 3.63) is 0 Å². The van der Waals surface area contributed by atoms with E-state index in [1.807, 2.05) is 0 Å². The van der Waals surface area contributed by atoms with Gasteiger partial charge in [0.05, 0.1) is 9.47 Å². The van der Waals surface area contributed by atoms with Gasteiger partial charge in [-0.3, -0.25) is 9.59 Å². The van der Waals surface area contributed by atoms with Crippen LogP contribution in [0.4, 0.5) is 9.59 Å². The van der Waals surface area contributed by atoms with E-state index < -0.39 is 11.7 Å². The zero-order valence-corrected chi connectivity index (χ0v) is 7.74. The Balaban J connectivity index is -0.0000000965. The van der Waals surface area contributed by atoms with Crippen LogP contribution in [0.1, 0.15) is 0 Å². The number of carbonyl (C=O) groups excluding carboxylic acids is 1. The summed E-state index contributed by atoms with van der Waals surface area (Å²) < 4.78 is 3.81. The fourth-order valence-corrected chi connectivity index (χ4v) is 0. The molecular weight excluding hydrogens is 188 g/mol. The summed E-state index contributed by atoms with van der Waals surface area (Å²) in [5, 5.41) is 7.19. The van der Waals surface area contributed by atoms with Crippen LogP contribution in [0, 0.1) is 0 Å². The van der Waals surface area contributed by atoms with Gasteiger partial charge in [0.25, 0.3) is 0 Å². The second kappa shape index (κ2) is 16.5. The third kappa shape index (κ3) is 172. The predicted octanol–water partition coefficient (Wildman–Crippen LogP) is -0.317. The third-order valence-electron chi connectivity index (χ3n) is 0.116. The molecule has 9 heteroatoms. The number of hydrogen-bond acceptors (Lipinski definition) is 4. The van der Waals surface area contributed by atoms with Crippen molar-refractivity contribution in [1.29, 1.82) is 0 Å². The Morgan fingerprint density at radius 2 is 1.36 bits per heavy atom. The van der Waals surface area contributed by atoms with E-state index in [-0.39, 0.29) is 0 Å². The average Bonchev–Trinajstić information content (AvgIpc) is 1.91. The fraction of sp³-hybridized carbons (Fsp3) is 0. The van der Waals surface area contributed by atoms with Crippen LogP contribution in [0.2, 0.25) is 0 Å². The number of hydrogen-bond donors (Lipinski definition) is 2. The van der Waals surface area contributed by atoms with Gasteiger partial charge >= 0.3 is 0 Å². The number of carbonyl (C=O) groups is 2. The van der Waals surface area contributed by atoms with Gasteiger partial charge in [0.2, 0.25) is 27.4 Å². The highest BCUT2D eigenvalue weighted by atomic mass is 31.0. The monoisotopic (exact) mass is 194 g/mol. The highest BCUT2D eigenvalue weighted by molar-refractivity contribution is 7.11. The Hall–Kier alpha value is -0.110. The molecule has 2 unspecified atom stereocenters. The Bertz CT molecular complexity index is 105. The lowest BCUT2D eigenvalue weighted by Gasteiger charge is -1.81. The Kier molecular flexibility index (Phi) is 25.6. The van der Waals surface area contributed by atoms with Crippen LogP contribution in [-0.2, 0) is 4.52 Å².